The third kappa shape index (κ3) is 2.88. The van der Waals surface area contributed by atoms with Gasteiger partial charge in [0.2, 0.25) is 12.1 Å². The maximum Gasteiger partial charge on any atom is 0.339 e. The van der Waals surface area contributed by atoms with Gasteiger partial charge in [0.05, 0.1) is 19.3 Å². The van der Waals surface area contributed by atoms with E-state index in [0.717, 1.165) is 22.6 Å². The van der Waals surface area contributed by atoms with Crippen LogP contribution in [0.2, 0.25) is 0 Å². The second-order valence-electron chi connectivity index (χ2n) is 5.61. The predicted octanol–water partition coefficient (Wildman–Crippen LogP) is 3.45. The third-order valence-electron chi connectivity index (χ3n) is 4.03. The number of para-hydroxylation sites is 2. The van der Waals surface area contributed by atoms with E-state index in [2.05, 4.69) is 20.5 Å². The van der Waals surface area contributed by atoms with Crippen molar-refractivity contribution < 1.29 is 14.2 Å². The molecule has 1 unspecified atom stereocenters. The van der Waals surface area contributed by atoms with Crippen LogP contribution in [0.1, 0.15) is 18.7 Å². The van der Waals surface area contributed by atoms with E-state index < -0.39 is 6.23 Å². The minimum atomic E-state index is -0.500. The molecule has 0 saturated carbocycles. The van der Waals surface area contributed by atoms with Crippen LogP contribution >= 0.6 is 0 Å². The monoisotopic (exact) mass is 350 g/mol. The zero-order valence-electron chi connectivity index (χ0n) is 14.5. The van der Waals surface area contributed by atoms with Crippen LogP contribution in [0.15, 0.2) is 48.5 Å². The van der Waals surface area contributed by atoms with Crippen LogP contribution < -0.4 is 19.5 Å². The molecule has 2 heterocycles. The lowest BCUT2D eigenvalue weighted by Gasteiger charge is -2.21. The van der Waals surface area contributed by atoms with Gasteiger partial charge in [-0.1, -0.05) is 35.4 Å². The molecule has 0 fully saturated rings. The van der Waals surface area contributed by atoms with Crippen LogP contribution in [0.5, 0.6) is 17.6 Å². The summed E-state index contributed by atoms with van der Waals surface area (Å²) in [4.78, 5) is 4.39. The number of nitrogens with one attached hydrogen (secondary N) is 1. The first-order chi connectivity index (χ1) is 12.8. The molecular weight excluding hydrogens is 332 g/mol. The Morgan fingerprint density at radius 2 is 1.88 bits per heavy atom. The molecule has 0 radical (unpaired) electrons. The Morgan fingerprint density at radius 1 is 1.08 bits per heavy atom. The summed E-state index contributed by atoms with van der Waals surface area (Å²) in [7, 11) is 1.63. The molecule has 1 N–H and O–H groups in total. The number of benzene rings is 2. The van der Waals surface area contributed by atoms with E-state index in [1.807, 2.05) is 55.5 Å². The number of anilines is 1. The molecule has 1 atom stereocenters. The Bertz CT molecular complexity index is 932. The number of nitrogens with zero attached hydrogens (tertiary/aromatic N) is 3. The number of hydrogen-bond donors (Lipinski definition) is 1. The fourth-order valence-corrected chi connectivity index (χ4v) is 2.86. The lowest BCUT2D eigenvalue weighted by molar-refractivity contribution is 0.215. The highest BCUT2D eigenvalue weighted by Crippen LogP contribution is 2.40. The van der Waals surface area contributed by atoms with Crippen LogP contribution in [0.25, 0.3) is 11.3 Å². The molecule has 1 aliphatic rings. The first-order valence-corrected chi connectivity index (χ1v) is 8.33. The predicted molar refractivity (Wildman–Crippen MR) is 96.4 cm³/mol. The molecule has 7 heteroatoms. The van der Waals surface area contributed by atoms with Gasteiger partial charge in [0.15, 0.2) is 5.69 Å². The molecule has 4 rings (SSSR count). The second-order valence-corrected chi connectivity index (χ2v) is 5.61. The molecule has 1 aliphatic heterocycles. The number of hydrogen-bond acceptors (Lipinski definition) is 7. The van der Waals surface area contributed by atoms with E-state index >= 15 is 0 Å². The SMILES string of the molecule is CCOc1nnc2c(n1)OC(c1ccccc1OC)Nc1ccccc1-2. The van der Waals surface area contributed by atoms with Gasteiger partial charge in [-0.25, -0.2) is 0 Å². The zero-order chi connectivity index (χ0) is 17.9. The lowest BCUT2D eigenvalue weighted by atomic mass is 10.1. The summed E-state index contributed by atoms with van der Waals surface area (Å²) in [5, 5.41) is 11.7. The highest BCUT2D eigenvalue weighted by Gasteiger charge is 2.27. The fourth-order valence-electron chi connectivity index (χ4n) is 2.86. The van der Waals surface area contributed by atoms with Crippen molar-refractivity contribution >= 4 is 5.69 Å². The average molecular weight is 350 g/mol. The van der Waals surface area contributed by atoms with E-state index in [1.165, 1.54) is 0 Å². The Kier molecular flexibility index (Phi) is 4.27. The molecule has 7 nitrogen and oxygen atoms in total. The minimum Gasteiger partial charge on any atom is -0.496 e. The third-order valence-corrected chi connectivity index (χ3v) is 4.03. The van der Waals surface area contributed by atoms with Crippen molar-refractivity contribution in [2.45, 2.75) is 13.2 Å². The van der Waals surface area contributed by atoms with Gasteiger partial charge in [-0.05, 0) is 25.1 Å². The maximum absolute atomic E-state index is 6.17. The van der Waals surface area contributed by atoms with Crippen LogP contribution in [-0.2, 0) is 0 Å². The van der Waals surface area contributed by atoms with Crippen molar-refractivity contribution in [1.29, 1.82) is 0 Å². The molecule has 0 amide bonds. The Balaban J connectivity index is 1.85. The summed E-state index contributed by atoms with van der Waals surface area (Å²) in [6.45, 7) is 2.32. The van der Waals surface area contributed by atoms with Gasteiger partial charge in [0, 0.05) is 11.3 Å². The average Bonchev–Trinajstić information content (AvgIpc) is 2.84. The number of ether oxygens (including phenoxy) is 3. The van der Waals surface area contributed by atoms with Crippen molar-refractivity contribution in [2.75, 3.05) is 19.0 Å². The van der Waals surface area contributed by atoms with Gasteiger partial charge < -0.3 is 19.5 Å². The van der Waals surface area contributed by atoms with Gasteiger partial charge in [0.1, 0.15) is 5.75 Å². The Hall–Kier alpha value is -3.35. The van der Waals surface area contributed by atoms with Crippen molar-refractivity contribution in [3.8, 4) is 28.9 Å². The lowest BCUT2D eigenvalue weighted by Crippen LogP contribution is -2.18. The largest absolute Gasteiger partial charge is 0.496 e. The van der Waals surface area contributed by atoms with E-state index in [1.54, 1.807) is 7.11 Å². The van der Waals surface area contributed by atoms with Crippen molar-refractivity contribution in [3.05, 3.63) is 54.1 Å². The highest BCUT2D eigenvalue weighted by molar-refractivity contribution is 5.79. The molecule has 0 aliphatic carbocycles. The van der Waals surface area contributed by atoms with Crippen molar-refractivity contribution in [2.24, 2.45) is 0 Å². The van der Waals surface area contributed by atoms with Crippen LogP contribution in [-0.4, -0.2) is 28.9 Å². The summed E-state index contributed by atoms with van der Waals surface area (Å²) in [6.07, 6.45) is -0.500. The normalized spacial score (nSPS) is 14.9. The molecule has 3 aromatic rings. The molecule has 26 heavy (non-hydrogen) atoms. The molecule has 132 valence electrons. The number of aromatic nitrogens is 3. The number of fused-ring (bicyclic) bond motifs is 3. The van der Waals surface area contributed by atoms with Crippen molar-refractivity contribution in [1.82, 2.24) is 15.2 Å². The van der Waals surface area contributed by atoms with Gasteiger partial charge in [0.25, 0.3) is 0 Å². The molecule has 1 aromatic heterocycles. The second kappa shape index (κ2) is 6.87. The first kappa shape index (κ1) is 16.1. The molecule has 2 aromatic carbocycles. The fraction of sp³-hybridized carbons (Fsp3) is 0.211. The standard InChI is InChI=1S/C19H18N4O3/c1-3-25-19-21-18-16(22-23-19)12-8-4-6-10-14(12)20-17(26-18)13-9-5-7-11-15(13)24-2/h4-11,17,20H,3H2,1-2H3. The summed E-state index contributed by atoms with van der Waals surface area (Å²) >= 11 is 0. The van der Waals surface area contributed by atoms with Crippen LogP contribution in [0.3, 0.4) is 0 Å². The molecule has 0 spiro atoms. The zero-order valence-corrected chi connectivity index (χ0v) is 14.5. The van der Waals surface area contributed by atoms with Gasteiger partial charge in [-0.15, -0.1) is 5.10 Å². The Morgan fingerprint density at radius 3 is 2.73 bits per heavy atom. The smallest absolute Gasteiger partial charge is 0.339 e. The van der Waals surface area contributed by atoms with Crippen LogP contribution in [0.4, 0.5) is 5.69 Å². The van der Waals surface area contributed by atoms with Crippen molar-refractivity contribution in [3.63, 3.8) is 0 Å². The Labute approximate surface area is 151 Å². The van der Waals surface area contributed by atoms with E-state index in [4.69, 9.17) is 14.2 Å². The topological polar surface area (TPSA) is 78.4 Å². The number of methoxy groups -OCH3 is 1. The minimum absolute atomic E-state index is 0.185. The maximum atomic E-state index is 6.17. The first-order valence-electron chi connectivity index (χ1n) is 8.33. The summed E-state index contributed by atoms with van der Waals surface area (Å²) in [5.74, 6) is 1.08. The van der Waals surface area contributed by atoms with Gasteiger partial charge >= 0.3 is 6.01 Å². The van der Waals surface area contributed by atoms with Gasteiger partial charge in [-0.2, -0.15) is 4.98 Å². The number of rotatable bonds is 4. The van der Waals surface area contributed by atoms with E-state index in [-0.39, 0.29) is 6.01 Å². The van der Waals surface area contributed by atoms with E-state index in [9.17, 15) is 0 Å². The quantitative estimate of drug-likeness (QED) is 0.772. The van der Waals surface area contributed by atoms with E-state index in [0.29, 0.717) is 18.2 Å². The van der Waals surface area contributed by atoms with Gasteiger partial charge in [-0.3, -0.25) is 0 Å². The summed E-state index contributed by atoms with van der Waals surface area (Å²) < 4.78 is 17.0. The molecule has 0 bridgehead atoms. The summed E-state index contributed by atoms with van der Waals surface area (Å²) in [6, 6.07) is 15.7. The molecule has 0 saturated heterocycles. The highest BCUT2D eigenvalue weighted by atomic mass is 16.5. The van der Waals surface area contributed by atoms with Crippen LogP contribution in [0, 0.1) is 0 Å². The summed E-state index contributed by atoms with van der Waals surface area (Å²) in [5.41, 5.74) is 3.16. The molecular formula is C19H18N4O3.